The summed E-state index contributed by atoms with van der Waals surface area (Å²) in [5.41, 5.74) is 0.490. The third-order valence-corrected chi connectivity index (χ3v) is 4.48. The molecule has 1 aromatic rings. The number of hydrogen-bond acceptors (Lipinski definition) is 3. The van der Waals surface area contributed by atoms with E-state index in [4.69, 9.17) is 16.3 Å². The predicted octanol–water partition coefficient (Wildman–Crippen LogP) is 3.04. The number of carboxylic acids is 1. The minimum Gasteiger partial charge on any atom is -0.495 e. The topological polar surface area (TPSA) is 49.8 Å². The van der Waals surface area contributed by atoms with E-state index in [1.165, 1.54) is 0 Å². The molecule has 0 radical (unpaired) electrons. The number of hydrogen-bond donors (Lipinski definition) is 1. The lowest BCUT2D eigenvalue weighted by Crippen LogP contribution is -2.33. The van der Waals surface area contributed by atoms with Crippen molar-refractivity contribution in [1.29, 1.82) is 0 Å². The highest BCUT2D eigenvalue weighted by Gasteiger charge is 2.42. The Morgan fingerprint density at radius 2 is 2.30 bits per heavy atom. The van der Waals surface area contributed by atoms with Gasteiger partial charge in [-0.3, -0.25) is 9.69 Å². The number of carbonyl (C=O) groups is 1. The SMILES string of the molecule is CCC1(C(=O)O)CCN(Cc2ccc(OC)c(Cl)c2)C1. The Hall–Kier alpha value is -1.26. The first kappa shape index (κ1) is 15.1. The maximum absolute atomic E-state index is 11.4. The normalized spacial score (nSPS) is 22.9. The molecule has 110 valence electrons. The number of methoxy groups -OCH3 is 1. The van der Waals surface area contributed by atoms with Crippen LogP contribution in [0.25, 0.3) is 0 Å². The Balaban J connectivity index is 2.05. The summed E-state index contributed by atoms with van der Waals surface area (Å²) in [6, 6.07) is 5.70. The van der Waals surface area contributed by atoms with Gasteiger partial charge in [-0.1, -0.05) is 24.6 Å². The molecule has 0 amide bonds. The van der Waals surface area contributed by atoms with Gasteiger partial charge in [0.1, 0.15) is 5.75 Å². The minimum atomic E-state index is -0.685. The molecule has 5 heteroatoms. The third kappa shape index (κ3) is 2.91. The number of ether oxygens (including phenoxy) is 1. The van der Waals surface area contributed by atoms with Crippen LogP contribution in [-0.4, -0.2) is 36.2 Å². The highest BCUT2D eigenvalue weighted by Crippen LogP contribution is 2.35. The van der Waals surface area contributed by atoms with E-state index in [1.54, 1.807) is 7.11 Å². The highest BCUT2D eigenvalue weighted by molar-refractivity contribution is 6.32. The van der Waals surface area contributed by atoms with Gasteiger partial charge in [0.05, 0.1) is 17.5 Å². The number of aliphatic carboxylic acids is 1. The molecule has 0 saturated carbocycles. The number of benzene rings is 1. The van der Waals surface area contributed by atoms with Crippen molar-refractivity contribution in [3.63, 3.8) is 0 Å². The second kappa shape index (κ2) is 6.02. The van der Waals surface area contributed by atoms with Crippen molar-refractivity contribution in [2.24, 2.45) is 5.41 Å². The van der Waals surface area contributed by atoms with E-state index in [0.717, 1.165) is 18.7 Å². The molecule has 1 aliphatic rings. The lowest BCUT2D eigenvalue weighted by atomic mass is 9.84. The van der Waals surface area contributed by atoms with Crippen LogP contribution in [0.5, 0.6) is 5.75 Å². The van der Waals surface area contributed by atoms with Gasteiger partial charge >= 0.3 is 5.97 Å². The summed E-state index contributed by atoms with van der Waals surface area (Å²) in [6.07, 6.45) is 1.38. The Bertz CT molecular complexity index is 506. The van der Waals surface area contributed by atoms with E-state index in [9.17, 15) is 9.90 Å². The van der Waals surface area contributed by atoms with E-state index in [0.29, 0.717) is 30.2 Å². The van der Waals surface area contributed by atoms with Crippen molar-refractivity contribution in [1.82, 2.24) is 4.90 Å². The van der Waals surface area contributed by atoms with Crippen molar-refractivity contribution >= 4 is 17.6 Å². The summed E-state index contributed by atoms with van der Waals surface area (Å²) in [6.45, 7) is 4.08. The molecule has 1 aromatic carbocycles. The quantitative estimate of drug-likeness (QED) is 0.907. The van der Waals surface area contributed by atoms with Crippen molar-refractivity contribution in [3.05, 3.63) is 28.8 Å². The van der Waals surface area contributed by atoms with E-state index in [1.807, 2.05) is 25.1 Å². The van der Waals surface area contributed by atoms with Gasteiger partial charge in [-0.05, 0) is 37.1 Å². The molecule has 0 spiro atoms. The van der Waals surface area contributed by atoms with Crippen LogP contribution in [0.3, 0.4) is 0 Å². The van der Waals surface area contributed by atoms with Crippen molar-refractivity contribution in [2.45, 2.75) is 26.3 Å². The fourth-order valence-corrected chi connectivity index (χ4v) is 3.05. The summed E-state index contributed by atoms with van der Waals surface area (Å²) in [5.74, 6) is -0.0273. The zero-order valence-electron chi connectivity index (χ0n) is 11.9. The van der Waals surface area contributed by atoms with Gasteiger partial charge in [0.2, 0.25) is 0 Å². The minimum absolute atomic E-state index is 0.587. The number of carboxylic acid groups (broad SMARTS) is 1. The van der Waals surface area contributed by atoms with Crippen LogP contribution < -0.4 is 4.74 Å². The molecule has 1 saturated heterocycles. The Morgan fingerprint density at radius 3 is 2.80 bits per heavy atom. The van der Waals surface area contributed by atoms with E-state index in [2.05, 4.69) is 4.90 Å². The fraction of sp³-hybridized carbons (Fsp3) is 0.533. The first-order valence-electron chi connectivity index (χ1n) is 6.79. The number of nitrogens with zero attached hydrogens (tertiary/aromatic N) is 1. The van der Waals surface area contributed by atoms with Gasteiger partial charge in [0, 0.05) is 13.1 Å². The zero-order valence-corrected chi connectivity index (χ0v) is 12.6. The first-order valence-corrected chi connectivity index (χ1v) is 7.17. The highest BCUT2D eigenvalue weighted by atomic mass is 35.5. The molecule has 1 atom stereocenters. The molecule has 2 rings (SSSR count). The Morgan fingerprint density at radius 1 is 1.55 bits per heavy atom. The summed E-state index contributed by atoms with van der Waals surface area (Å²) in [7, 11) is 1.59. The van der Waals surface area contributed by atoms with E-state index in [-0.39, 0.29) is 0 Å². The van der Waals surface area contributed by atoms with Crippen LogP contribution in [0.15, 0.2) is 18.2 Å². The van der Waals surface area contributed by atoms with Crippen LogP contribution in [0.2, 0.25) is 5.02 Å². The molecule has 0 bridgehead atoms. The zero-order chi connectivity index (χ0) is 14.8. The van der Waals surface area contributed by atoms with Crippen LogP contribution >= 0.6 is 11.6 Å². The van der Waals surface area contributed by atoms with E-state index < -0.39 is 11.4 Å². The van der Waals surface area contributed by atoms with Gasteiger partial charge < -0.3 is 9.84 Å². The largest absolute Gasteiger partial charge is 0.495 e. The number of likely N-dealkylation sites (tertiary alicyclic amines) is 1. The van der Waals surface area contributed by atoms with Gasteiger partial charge in [-0.2, -0.15) is 0 Å². The molecule has 20 heavy (non-hydrogen) atoms. The molecule has 0 aromatic heterocycles. The number of rotatable bonds is 5. The molecule has 1 N–H and O–H groups in total. The summed E-state index contributed by atoms with van der Waals surface area (Å²) >= 11 is 6.11. The van der Waals surface area contributed by atoms with Crippen LogP contribution in [0.1, 0.15) is 25.3 Å². The lowest BCUT2D eigenvalue weighted by Gasteiger charge is -2.23. The summed E-state index contributed by atoms with van der Waals surface area (Å²) in [4.78, 5) is 13.6. The maximum Gasteiger partial charge on any atom is 0.310 e. The van der Waals surface area contributed by atoms with Gasteiger partial charge in [-0.25, -0.2) is 0 Å². The Labute approximate surface area is 124 Å². The molecule has 1 aliphatic heterocycles. The molecular formula is C15H20ClNO3. The Kier molecular flexibility index (Phi) is 4.55. The summed E-state index contributed by atoms with van der Waals surface area (Å²) < 4.78 is 5.13. The van der Waals surface area contributed by atoms with Crippen LogP contribution in [0.4, 0.5) is 0 Å². The van der Waals surface area contributed by atoms with Gasteiger partial charge in [-0.15, -0.1) is 0 Å². The second-order valence-corrected chi connectivity index (χ2v) is 5.78. The predicted molar refractivity (Wildman–Crippen MR) is 78.3 cm³/mol. The smallest absolute Gasteiger partial charge is 0.310 e. The summed E-state index contributed by atoms with van der Waals surface area (Å²) in [5, 5.41) is 9.98. The average molecular weight is 298 g/mol. The first-order chi connectivity index (χ1) is 9.50. The standard InChI is InChI=1S/C15H20ClNO3/c1-3-15(14(18)19)6-7-17(10-15)9-11-4-5-13(20-2)12(16)8-11/h4-5,8H,3,6-7,9-10H2,1-2H3,(H,18,19). The molecule has 1 fully saturated rings. The van der Waals surface area contributed by atoms with Gasteiger partial charge in [0.25, 0.3) is 0 Å². The lowest BCUT2D eigenvalue weighted by molar-refractivity contribution is -0.148. The van der Waals surface area contributed by atoms with Crippen molar-refractivity contribution in [2.75, 3.05) is 20.2 Å². The van der Waals surface area contributed by atoms with E-state index >= 15 is 0 Å². The van der Waals surface area contributed by atoms with Crippen molar-refractivity contribution in [3.8, 4) is 5.75 Å². The third-order valence-electron chi connectivity index (χ3n) is 4.19. The number of halogens is 1. The maximum atomic E-state index is 11.4. The van der Waals surface area contributed by atoms with Crippen molar-refractivity contribution < 1.29 is 14.6 Å². The average Bonchev–Trinajstić information content (AvgIpc) is 2.84. The molecule has 1 unspecified atom stereocenters. The van der Waals surface area contributed by atoms with Gasteiger partial charge in [0.15, 0.2) is 0 Å². The van der Waals surface area contributed by atoms with Crippen LogP contribution in [-0.2, 0) is 11.3 Å². The molecule has 1 heterocycles. The fourth-order valence-electron chi connectivity index (χ4n) is 2.77. The second-order valence-electron chi connectivity index (χ2n) is 5.37. The monoisotopic (exact) mass is 297 g/mol. The van der Waals surface area contributed by atoms with Crippen LogP contribution in [0, 0.1) is 5.41 Å². The molecular weight excluding hydrogens is 278 g/mol. The molecule has 4 nitrogen and oxygen atoms in total. The molecule has 0 aliphatic carbocycles.